The number of fused-ring (bicyclic) bond motifs is 13. The molecule has 12 aromatic carbocycles. The van der Waals surface area contributed by atoms with Crippen molar-refractivity contribution >= 4 is 43.5 Å². The molecule has 14 aromatic rings. The molecule has 0 aliphatic heterocycles. The number of rotatable bonds is 6. The number of nitrogens with zero attached hydrogens (tertiary/aromatic N) is 3. The van der Waals surface area contributed by atoms with Gasteiger partial charge in [-0.3, -0.25) is 0 Å². The van der Waals surface area contributed by atoms with Gasteiger partial charge in [0.2, 0.25) is 0 Å². The van der Waals surface area contributed by atoms with E-state index in [9.17, 15) is 0 Å². The minimum Gasteiger partial charge on any atom is -0.456 e. The molecule has 0 atom stereocenters. The van der Waals surface area contributed by atoms with Crippen molar-refractivity contribution in [3.05, 3.63) is 271 Å². The fourth-order valence-corrected chi connectivity index (χ4v) is 12.7. The third-order valence-electron chi connectivity index (χ3n) is 15.9. The largest absolute Gasteiger partial charge is 0.456 e. The van der Waals surface area contributed by atoms with Gasteiger partial charge in [-0.25, -0.2) is 15.0 Å². The fourth-order valence-electron chi connectivity index (χ4n) is 12.7. The maximum absolute atomic E-state index is 6.43. The summed E-state index contributed by atoms with van der Waals surface area (Å²) in [7, 11) is 0. The van der Waals surface area contributed by atoms with Gasteiger partial charge in [0.05, 0.1) is 5.41 Å². The topological polar surface area (TPSA) is 51.8 Å². The van der Waals surface area contributed by atoms with Crippen LogP contribution < -0.4 is 0 Å². The van der Waals surface area contributed by atoms with Crippen molar-refractivity contribution in [2.75, 3.05) is 0 Å². The molecule has 2 aliphatic carbocycles. The van der Waals surface area contributed by atoms with Gasteiger partial charge in [-0.1, -0.05) is 212 Å². The second-order valence-corrected chi connectivity index (χ2v) is 19.7. The van der Waals surface area contributed by atoms with Gasteiger partial charge in [0, 0.05) is 27.5 Å². The van der Waals surface area contributed by atoms with Crippen LogP contribution in [0.3, 0.4) is 0 Å². The Balaban J connectivity index is 0.859. The van der Waals surface area contributed by atoms with Crippen LogP contribution in [0.4, 0.5) is 0 Å². The van der Waals surface area contributed by atoms with E-state index in [4.69, 9.17) is 19.4 Å². The lowest BCUT2D eigenvalue weighted by molar-refractivity contribution is 0.669. The molecule has 0 fully saturated rings. The predicted octanol–water partition coefficient (Wildman–Crippen LogP) is 17.9. The van der Waals surface area contributed by atoms with Crippen LogP contribution in [0.15, 0.2) is 253 Å². The van der Waals surface area contributed by atoms with Crippen molar-refractivity contribution in [3.8, 4) is 89.8 Å². The normalized spacial score (nSPS) is 13.0. The first-order valence-electron chi connectivity index (χ1n) is 25.3. The lowest BCUT2D eigenvalue weighted by Gasteiger charge is -2.31. The second-order valence-electron chi connectivity index (χ2n) is 19.7. The summed E-state index contributed by atoms with van der Waals surface area (Å²) in [6.07, 6.45) is 0. The van der Waals surface area contributed by atoms with Crippen LogP contribution in [-0.2, 0) is 5.41 Å². The van der Waals surface area contributed by atoms with Crippen molar-refractivity contribution in [2.24, 2.45) is 0 Å². The summed E-state index contributed by atoms with van der Waals surface area (Å²) in [5, 5.41) is 7.33. The Bertz CT molecular complexity index is 4510. The van der Waals surface area contributed by atoms with E-state index < -0.39 is 5.41 Å². The van der Waals surface area contributed by atoms with E-state index in [-0.39, 0.29) is 0 Å². The van der Waals surface area contributed by atoms with Crippen molar-refractivity contribution in [3.63, 3.8) is 0 Å². The fraction of sp³-hybridized carbons (Fsp3) is 0.0143. The molecule has 4 heteroatoms. The Kier molecular flexibility index (Phi) is 8.63. The molecule has 16 rings (SSSR count). The highest BCUT2D eigenvalue weighted by Crippen LogP contribution is 2.64. The van der Waals surface area contributed by atoms with Crippen molar-refractivity contribution in [2.45, 2.75) is 5.41 Å². The highest BCUT2D eigenvalue weighted by molar-refractivity contribution is 6.33. The quantitative estimate of drug-likeness (QED) is 0.156. The monoisotopic (exact) mass is 939 g/mol. The molecule has 2 aromatic heterocycles. The Hall–Kier alpha value is -9.77. The van der Waals surface area contributed by atoms with Crippen LogP contribution >= 0.6 is 0 Å². The van der Waals surface area contributed by atoms with E-state index in [1.165, 1.54) is 93.5 Å². The molecule has 0 unspecified atom stereocenters. The number of benzene rings is 12. The molecule has 0 saturated carbocycles. The lowest BCUT2D eigenvalue weighted by atomic mass is 9.70. The SMILES string of the molecule is c1ccc(-c2nc(-c3ccccc3)nc(-c3cccc(-c4cccc(-c5ccc6c(c5)C5(c7ccccc7-c7ccccc75)c5cccc(-c7ccc8c(c7)c7cccc9oc%10cccc8c%10c97)c5-6)c4)c3)n2)cc1. The van der Waals surface area contributed by atoms with E-state index in [0.29, 0.717) is 17.5 Å². The van der Waals surface area contributed by atoms with E-state index in [0.717, 1.165) is 44.5 Å². The van der Waals surface area contributed by atoms with Crippen LogP contribution in [0.25, 0.3) is 133 Å². The van der Waals surface area contributed by atoms with Crippen molar-refractivity contribution in [1.82, 2.24) is 15.0 Å². The van der Waals surface area contributed by atoms with E-state index in [2.05, 4.69) is 188 Å². The van der Waals surface area contributed by atoms with Crippen molar-refractivity contribution in [1.29, 1.82) is 0 Å². The third kappa shape index (κ3) is 5.82. The zero-order chi connectivity index (χ0) is 48.5. The maximum Gasteiger partial charge on any atom is 0.164 e. The molecule has 0 N–H and O–H groups in total. The molecule has 2 heterocycles. The molecule has 4 nitrogen and oxygen atoms in total. The molecule has 0 radical (unpaired) electrons. The Morgan fingerprint density at radius 2 is 0.716 bits per heavy atom. The standard InChI is InChI=1S/C70H41N3O/c1-3-16-42(17-4-1)67-71-68(43-18-5-2-6-19-43)73-69(72-67)49-23-12-22-46(39-49)44-20-11-21-45(38-44)47-34-37-56-61(41-47)70(58-29-9-7-24-52(58)53-25-8-10-30-59(53)70)60-31-13-26-50(64(56)60)48-35-36-51-54-27-14-32-62-65(54)66-55(57(51)40-48)28-15-33-63(66)74-62/h1-41H. The predicted molar refractivity (Wildman–Crippen MR) is 302 cm³/mol. The Morgan fingerprint density at radius 1 is 0.257 bits per heavy atom. The first-order chi connectivity index (χ1) is 36.7. The van der Waals surface area contributed by atoms with E-state index in [1.807, 2.05) is 60.7 Å². The highest BCUT2D eigenvalue weighted by Gasteiger charge is 2.52. The summed E-state index contributed by atoms with van der Waals surface area (Å²) in [5.41, 5.74) is 21.5. The Labute approximate surface area is 426 Å². The molecule has 342 valence electrons. The molecular weight excluding hydrogens is 899 g/mol. The number of hydrogen-bond donors (Lipinski definition) is 0. The molecule has 0 amide bonds. The first-order valence-corrected chi connectivity index (χ1v) is 25.3. The van der Waals surface area contributed by atoms with E-state index in [1.54, 1.807) is 0 Å². The minimum atomic E-state index is -0.529. The van der Waals surface area contributed by atoms with E-state index >= 15 is 0 Å². The third-order valence-corrected chi connectivity index (χ3v) is 15.9. The maximum atomic E-state index is 6.43. The van der Waals surface area contributed by atoms with Crippen LogP contribution in [0.1, 0.15) is 22.3 Å². The van der Waals surface area contributed by atoms with Gasteiger partial charge in [0.15, 0.2) is 17.5 Å². The highest BCUT2D eigenvalue weighted by atomic mass is 16.3. The zero-order valence-corrected chi connectivity index (χ0v) is 39.9. The van der Waals surface area contributed by atoms with Crippen LogP contribution in [0.2, 0.25) is 0 Å². The lowest BCUT2D eigenvalue weighted by Crippen LogP contribution is -2.25. The van der Waals surface area contributed by atoms with Gasteiger partial charge in [-0.15, -0.1) is 0 Å². The minimum absolute atomic E-state index is 0.529. The smallest absolute Gasteiger partial charge is 0.164 e. The van der Waals surface area contributed by atoms with Gasteiger partial charge < -0.3 is 4.42 Å². The van der Waals surface area contributed by atoms with Gasteiger partial charge in [0.1, 0.15) is 11.2 Å². The molecule has 0 saturated heterocycles. The second kappa shape index (κ2) is 15.6. The summed E-state index contributed by atoms with van der Waals surface area (Å²) in [6, 6.07) is 90.2. The van der Waals surface area contributed by atoms with Crippen molar-refractivity contribution < 1.29 is 4.42 Å². The average molecular weight is 940 g/mol. The van der Waals surface area contributed by atoms with Gasteiger partial charge in [-0.2, -0.15) is 0 Å². The molecular formula is C70H41N3O. The summed E-state index contributed by atoms with van der Waals surface area (Å²) in [6.45, 7) is 0. The van der Waals surface area contributed by atoms with Gasteiger partial charge in [-0.05, 0) is 136 Å². The number of hydrogen-bond acceptors (Lipinski definition) is 4. The Morgan fingerprint density at radius 3 is 1.35 bits per heavy atom. The summed E-state index contributed by atoms with van der Waals surface area (Å²) < 4.78 is 6.43. The van der Waals surface area contributed by atoms with Crippen LogP contribution in [0.5, 0.6) is 0 Å². The van der Waals surface area contributed by atoms with Crippen LogP contribution in [0, 0.1) is 0 Å². The van der Waals surface area contributed by atoms with Crippen LogP contribution in [-0.4, -0.2) is 15.0 Å². The molecule has 0 bridgehead atoms. The average Bonchev–Trinajstić information content (AvgIpc) is 4.14. The molecule has 74 heavy (non-hydrogen) atoms. The first kappa shape index (κ1) is 40.9. The zero-order valence-electron chi connectivity index (χ0n) is 39.9. The summed E-state index contributed by atoms with van der Waals surface area (Å²) in [4.78, 5) is 15.1. The summed E-state index contributed by atoms with van der Waals surface area (Å²) in [5.74, 6) is 1.92. The van der Waals surface area contributed by atoms with Gasteiger partial charge >= 0.3 is 0 Å². The molecule has 1 spiro atoms. The summed E-state index contributed by atoms with van der Waals surface area (Å²) >= 11 is 0. The van der Waals surface area contributed by atoms with Gasteiger partial charge in [0.25, 0.3) is 0 Å². The number of furan rings is 1. The molecule has 2 aliphatic rings. The number of aromatic nitrogens is 3.